The predicted octanol–water partition coefficient (Wildman–Crippen LogP) is 4.48. The van der Waals surface area contributed by atoms with Crippen molar-refractivity contribution < 1.29 is 24.6 Å². The van der Waals surface area contributed by atoms with Gasteiger partial charge in [0.25, 0.3) is 0 Å². The molecule has 46 heavy (non-hydrogen) atoms. The van der Waals surface area contributed by atoms with Gasteiger partial charge in [-0.05, 0) is 61.6 Å². The maximum Gasteiger partial charge on any atom is 0.338 e. The van der Waals surface area contributed by atoms with Gasteiger partial charge in [-0.25, -0.2) is 9.59 Å². The number of aromatic hydroxyl groups is 2. The van der Waals surface area contributed by atoms with Crippen LogP contribution in [0.3, 0.4) is 0 Å². The van der Waals surface area contributed by atoms with Crippen molar-refractivity contribution in [1.82, 2.24) is 31.0 Å². The zero-order chi connectivity index (χ0) is 32.7. The van der Waals surface area contributed by atoms with Gasteiger partial charge in [0.15, 0.2) is 0 Å². The number of carbonyl (C=O) groups is 3. The van der Waals surface area contributed by atoms with Crippen LogP contribution in [-0.2, 0) is 11.3 Å². The molecule has 12 nitrogen and oxygen atoms in total. The number of nitrogens with one attached hydrogen (secondary N) is 4. The summed E-state index contributed by atoms with van der Waals surface area (Å²) >= 11 is 1.90. The Morgan fingerprint density at radius 1 is 1.11 bits per heavy atom. The molecule has 3 aliphatic rings. The van der Waals surface area contributed by atoms with Crippen LogP contribution in [0.5, 0.6) is 11.5 Å². The van der Waals surface area contributed by atoms with E-state index in [1.54, 1.807) is 23.0 Å². The monoisotopic (exact) mass is 649 g/mol. The first-order valence-electron chi connectivity index (χ1n) is 15.9. The molecule has 1 aromatic heterocycles. The minimum atomic E-state index is -0.627. The summed E-state index contributed by atoms with van der Waals surface area (Å²) in [5.74, 6) is 0.909. The lowest BCUT2D eigenvalue weighted by atomic mass is 9.91. The van der Waals surface area contributed by atoms with Gasteiger partial charge in [-0.2, -0.15) is 16.8 Å². The van der Waals surface area contributed by atoms with E-state index in [2.05, 4.69) is 32.9 Å². The van der Waals surface area contributed by atoms with Crippen LogP contribution < -0.4 is 26.3 Å². The second kappa shape index (κ2) is 12.6. The van der Waals surface area contributed by atoms with Crippen LogP contribution >= 0.6 is 11.8 Å². The van der Waals surface area contributed by atoms with Crippen molar-refractivity contribution in [3.8, 4) is 11.5 Å². The number of phenolic OH excluding ortho intramolecular Hbond substituents is 2. The maximum absolute atomic E-state index is 13.1. The molecular weight excluding hydrogens is 606 g/mol. The average Bonchev–Trinajstić information content (AvgIpc) is 3.74. The van der Waals surface area contributed by atoms with Gasteiger partial charge < -0.3 is 30.7 Å². The van der Waals surface area contributed by atoms with Crippen LogP contribution in [-0.4, -0.2) is 73.9 Å². The van der Waals surface area contributed by atoms with E-state index in [1.165, 1.54) is 6.07 Å². The Bertz CT molecular complexity index is 1660. The van der Waals surface area contributed by atoms with Gasteiger partial charge in [-0.3, -0.25) is 15.1 Å². The number of carbonyl (C=O) groups excluding carboxylic acids is 3. The number of aromatic nitrogens is 1. The van der Waals surface area contributed by atoms with Crippen molar-refractivity contribution in [2.45, 2.75) is 81.9 Å². The number of nitrogens with zero attached hydrogens (tertiary/aromatic N) is 3. The molecule has 0 spiro atoms. The summed E-state index contributed by atoms with van der Waals surface area (Å²) in [6.07, 6.45) is 4.50. The third-order valence-electron chi connectivity index (χ3n) is 9.47. The number of benzene rings is 2. The van der Waals surface area contributed by atoms with Gasteiger partial charge in [-0.15, -0.1) is 0 Å². The number of urea groups is 2. The summed E-state index contributed by atoms with van der Waals surface area (Å²) in [5, 5.41) is 32.8. The van der Waals surface area contributed by atoms with Gasteiger partial charge in [-0.1, -0.05) is 20.3 Å². The Labute approximate surface area is 272 Å². The molecule has 4 unspecified atom stereocenters. The molecule has 0 saturated carbocycles. The van der Waals surface area contributed by atoms with Gasteiger partial charge in [0.1, 0.15) is 17.7 Å². The van der Waals surface area contributed by atoms with E-state index in [9.17, 15) is 24.6 Å². The molecule has 3 aromatic rings. The number of rotatable bonds is 11. The van der Waals surface area contributed by atoms with Crippen LogP contribution in [0.25, 0.3) is 10.9 Å². The van der Waals surface area contributed by atoms with Crippen LogP contribution in [0.15, 0.2) is 42.6 Å². The van der Waals surface area contributed by atoms with Crippen LogP contribution in [0.1, 0.15) is 69.7 Å². The lowest BCUT2D eigenvalue weighted by molar-refractivity contribution is -0.121. The molecule has 2 aromatic carbocycles. The van der Waals surface area contributed by atoms with E-state index in [1.807, 2.05) is 56.1 Å². The molecule has 0 aliphatic carbocycles. The summed E-state index contributed by atoms with van der Waals surface area (Å²) in [6, 6.07) is 10.8. The summed E-state index contributed by atoms with van der Waals surface area (Å²) < 4.78 is 2.07. The molecule has 0 bridgehead atoms. The largest absolute Gasteiger partial charge is 0.508 e. The van der Waals surface area contributed by atoms with E-state index in [4.69, 9.17) is 0 Å². The molecule has 6 N–H and O–H groups in total. The second-order valence-electron chi connectivity index (χ2n) is 13.0. The van der Waals surface area contributed by atoms with E-state index < -0.39 is 6.17 Å². The van der Waals surface area contributed by atoms with E-state index >= 15 is 0 Å². The van der Waals surface area contributed by atoms with Crippen molar-refractivity contribution >= 4 is 46.3 Å². The number of hydrogen-bond donors (Lipinski definition) is 6. The first-order chi connectivity index (χ1) is 21.9. The molecule has 6 rings (SSSR count). The van der Waals surface area contributed by atoms with Gasteiger partial charge >= 0.3 is 12.1 Å². The van der Waals surface area contributed by atoms with Gasteiger partial charge in [0, 0.05) is 71.5 Å². The van der Waals surface area contributed by atoms with Gasteiger partial charge in [0.2, 0.25) is 5.91 Å². The lowest BCUT2D eigenvalue weighted by Gasteiger charge is -2.29. The van der Waals surface area contributed by atoms with Crippen molar-refractivity contribution in [3.05, 3.63) is 53.7 Å². The molecular formula is C33H43N7O5S. The Morgan fingerprint density at radius 3 is 2.70 bits per heavy atom. The van der Waals surface area contributed by atoms with Crippen LogP contribution in [0, 0.1) is 0 Å². The first kappa shape index (κ1) is 31.9. The number of unbranched alkanes of at least 4 members (excludes halogenated alkanes) is 1. The van der Waals surface area contributed by atoms with Gasteiger partial charge in [0.05, 0.1) is 12.1 Å². The number of thioether (sulfide) groups is 1. The van der Waals surface area contributed by atoms with Crippen LogP contribution in [0.2, 0.25) is 0 Å². The number of fused-ring (bicyclic) bond motifs is 2. The Kier molecular flexibility index (Phi) is 8.73. The topological polar surface area (TPSA) is 151 Å². The first-order valence-corrected chi connectivity index (χ1v) is 16.9. The highest BCUT2D eigenvalue weighted by molar-refractivity contribution is 8.01. The fourth-order valence-corrected chi connectivity index (χ4v) is 8.51. The Morgan fingerprint density at radius 2 is 1.91 bits per heavy atom. The van der Waals surface area contributed by atoms with Crippen molar-refractivity contribution in [2.24, 2.45) is 0 Å². The minimum absolute atomic E-state index is 0.00431. The summed E-state index contributed by atoms with van der Waals surface area (Å²) in [7, 11) is 1.74. The molecule has 13 heteroatoms. The summed E-state index contributed by atoms with van der Waals surface area (Å²) in [4.78, 5) is 39.0. The minimum Gasteiger partial charge on any atom is -0.508 e. The number of anilines is 1. The standard InChI is InChI=1S/C33H43N7O5S/c1-19(2)22-16-23(27(42)17-26(22)41)30-38(4)37-32(45)40(30)21-8-9-25-20(15-21)10-13-39(25)14-12-34-28(43)7-5-6-11-33(3)29-24(18-46-33)35-31(44)36-29/h8-10,13,15-17,19,24,29-30,41-42H,5-7,11-12,14,18H2,1-4H3,(H,34,43)(H,37,45)(H2,35,36,44). The van der Waals surface area contributed by atoms with E-state index in [-0.39, 0.29) is 52.2 Å². The molecule has 0 radical (unpaired) electrons. The highest BCUT2D eigenvalue weighted by Crippen LogP contribution is 2.44. The number of hydrogen-bond acceptors (Lipinski definition) is 7. The van der Waals surface area contributed by atoms with E-state index in [0.29, 0.717) is 36.3 Å². The Balaban J connectivity index is 1.05. The summed E-state index contributed by atoms with van der Waals surface area (Å²) in [5.41, 5.74) is 5.66. The maximum atomic E-state index is 13.1. The zero-order valence-electron chi connectivity index (χ0n) is 26.7. The smallest absolute Gasteiger partial charge is 0.338 e. The number of amides is 5. The highest BCUT2D eigenvalue weighted by atomic mass is 32.2. The molecule has 4 heterocycles. The van der Waals surface area contributed by atoms with Crippen molar-refractivity contribution in [1.29, 1.82) is 0 Å². The quantitative estimate of drug-likeness (QED) is 0.132. The zero-order valence-corrected chi connectivity index (χ0v) is 27.5. The molecule has 246 valence electrons. The third kappa shape index (κ3) is 6.05. The predicted molar refractivity (Wildman–Crippen MR) is 179 cm³/mol. The lowest BCUT2D eigenvalue weighted by Crippen LogP contribution is -2.44. The van der Waals surface area contributed by atoms with Crippen molar-refractivity contribution in [3.63, 3.8) is 0 Å². The molecule has 4 atom stereocenters. The van der Waals surface area contributed by atoms with E-state index in [0.717, 1.165) is 35.9 Å². The molecule has 5 amide bonds. The average molecular weight is 650 g/mol. The molecule has 3 aliphatic heterocycles. The molecule has 3 fully saturated rings. The van der Waals surface area contributed by atoms with Crippen LogP contribution in [0.4, 0.5) is 15.3 Å². The number of phenols is 2. The SMILES string of the molecule is CC(C)c1cc(C2N(C)NC(=O)N2c2ccc3c(ccn3CCNC(=O)CCCCC3(C)SCC4NC(=O)NC43)c2)c(O)cc1O. The Hall–Kier alpha value is -4.10. The number of hydrazine groups is 1. The second-order valence-corrected chi connectivity index (χ2v) is 14.6. The highest BCUT2D eigenvalue weighted by Gasteiger charge is 2.50. The molecule has 3 saturated heterocycles. The fraction of sp³-hybridized carbons (Fsp3) is 0.485. The summed E-state index contributed by atoms with van der Waals surface area (Å²) in [6.45, 7) is 7.23. The third-order valence-corrected chi connectivity index (χ3v) is 11.1. The normalized spacial score (nSPS) is 24.4. The fourth-order valence-electron chi connectivity index (χ4n) is 6.98. The van der Waals surface area contributed by atoms with Crippen molar-refractivity contribution in [2.75, 3.05) is 24.2 Å².